The summed E-state index contributed by atoms with van der Waals surface area (Å²) in [4.78, 5) is 11.6. The van der Waals surface area contributed by atoms with E-state index in [2.05, 4.69) is 69.9 Å². The molecule has 2 aromatic rings. The number of aromatic nitrogens is 3. The Morgan fingerprint density at radius 1 is 1.04 bits per heavy atom. The maximum absolute atomic E-state index is 4.71. The molecule has 0 radical (unpaired) electrons. The van der Waals surface area contributed by atoms with Crippen molar-refractivity contribution < 1.29 is 0 Å². The quantitative estimate of drug-likeness (QED) is 0.841. The molecule has 1 fully saturated rings. The highest BCUT2D eigenvalue weighted by Crippen LogP contribution is 2.20. The third-order valence-electron chi connectivity index (χ3n) is 4.55. The molecule has 1 saturated heterocycles. The Morgan fingerprint density at radius 3 is 2.42 bits per heavy atom. The van der Waals surface area contributed by atoms with E-state index in [4.69, 9.17) is 4.98 Å². The van der Waals surface area contributed by atoms with Crippen LogP contribution in [0, 0.1) is 6.92 Å². The molecule has 6 heteroatoms. The Hall–Kier alpha value is -2.37. The van der Waals surface area contributed by atoms with Gasteiger partial charge in [-0.25, -0.2) is 0 Å². The van der Waals surface area contributed by atoms with Crippen molar-refractivity contribution in [2.45, 2.75) is 20.8 Å². The highest BCUT2D eigenvalue weighted by molar-refractivity contribution is 5.50. The van der Waals surface area contributed by atoms with E-state index >= 15 is 0 Å². The Bertz CT molecular complexity index is 662. The zero-order chi connectivity index (χ0) is 16.9. The molecule has 0 amide bonds. The summed E-state index contributed by atoms with van der Waals surface area (Å²) < 4.78 is 0. The maximum atomic E-state index is 4.71. The molecule has 0 atom stereocenters. The molecule has 1 aromatic heterocycles. The fraction of sp³-hybridized carbons (Fsp3) is 0.500. The van der Waals surface area contributed by atoms with Crippen molar-refractivity contribution in [1.82, 2.24) is 15.2 Å². The number of nitrogens with zero attached hydrogens (tertiary/aromatic N) is 6. The van der Waals surface area contributed by atoms with Crippen molar-refractivity contribution in [2.75, 3.05) is 54.0 Å². The molecule has 0 saturated carbocycles. The van der Waals surface area contributed by atoms with E-state index in [1.165, 1.54) is 11.3 Å². The van der Waals surface area contributed by atoms with Crippen molar-refractivity contribution in [1.29, 1.82) is 0 Å². The molecule has 128 valence electrons. The lowest BCUT2D eigenvalue weighted by Crippen LogP contribution is -2.47. The van der Waals surface area contributed by atoms with Crippen molar-refractivity contribution in [3.8, 4) is 0 Å². The zero-order valence-corrected chi connectivity index (χ0v) is 14.8. The van der Waals surface area contributed by atoms with E-state index in [1.807, 2.05) is 0 Å². The summed E-state index contributed by atoms with van der Waals surface area (Å²) in [6, 6.07) is 8.69. The number of benzene rings is 1. The second-order valence-corrected chi connectivity index (χ2v) is 6.10. The highest BCUT2D eigenvalue weighted by atomic mass is 15.4. The van der Waals surface area contributed by atoms with Gasteiger partial charge in [0.15, 0.2) is 5.82 Å². The summed E-state index contributed by atoms with van der Waals surface area (Å²) in [7, 11) is 0. The summed E-state index contributed by atoms with van der Waals surface area (Å²) in [5.74, 6) is 1.65. The van der Waals surface area contributed by atoms with Crippen molar-refractivity contribution in [3.05, 3.63) is 36.0 Å². The Balaban J connectivity index is 1.67. The van der Waals surface area contributed by atoms with Crippen LogP contribution in [0.25, 0.3) is 0 Å². The third kappa shape index (κ3) is 3.58. The van der Waals surface area contributed by atoms with E-state index in [9.17, 15) is 0 Å². The number of aryl methyl sites for hydroxylation is 1. The lowest BCUT2D eigenvalue weighted by molar-refractivity contribution is 0.633. The molecule has 24 heavy (non-hydrogen) atoms. The summed E-state index contributed by atoms with van der Waals surface area (Å²) in [6.45, 7) is 12.0. The minimum Gasteiger partial charge on any atom is -0.368 e. The van der Waals surface area contributed by atoms with Gasteiger partial charge < -0.3 is 14.7 Å². The van der Waals surface area contributed by atoms with Crippen LogP contribution < -0.4 is 14.7 Å². The lowest BCUT2D eigenvalue weighted by Gasteiger charge is -2.36. The molecule has 0 aliphatic carbocycles. The highest BCUT2D eigenvalue weighted by Gasteiger charge is 2.20. The van der Waals surface area contributed by atoms with E-state index in [-0.39, 0.29) is 0 Å². The first-order valence-electron chi connectivity index (χ1n) is 8.72. The molecular formula is C18H26N6. The van der Waals surface area contributed by atoms with Crippen molar-refractivity contribution >= 4 is 17.5 Å². The molecule has 0 unspecified atom stereocenters. The smallest absolute Gasteiger partial charge is 0.247 e. The summed E-state index contributed by atoms with van der Waals surface area (Å²) in [6.07, 6.45) is 1.75. The van der Waals surface area contributed by atoms with Gasteiger partial charge in [0.25, 0.3) is 0 Å². The zero-order valence-electron chi connectivity index (χ0n) is 14.8. The first-order chi connectivity index (χ1) is 11.7. The fourth-order valence-electron chi connectivity index (χ4n) is 3.11. The van der Waals surface area contributed by atoms with Crippen LogP contribution in [0.2, 0.25) is 0 Å². The van der Waals surface area contributed by atoms with Gasteiger partial charge >= 0.3 is 0 Å². The standard InChI is InChI=1S/C18H26N6/c1-4-22(5-2)17-14-19-21-18(20-17)24-11-9-23(10-12-24)16-8-6-7-15(3)13-16/h6-8,13-14H,4-5,9-12H2,1-3H3. The second kappa shape index (κ2) is 7.47. The third-order valence-corrected chi connectivity index (χ3v) is 4.55. The summed E-state index contributed by atoms with van der Waals surface area (Å²) >= 11 is 0. The first kappa shape index (κ1) is 16.5. The van der Waals surface area contributed by atoms with E-state index in [0.29, 0.717) is 0 Å². The Morgan fingerprint density at radius 2 is 1.75 bits per heavy atom. The van der Waals surface area contributed by atoms with Crippen molar-refractivity contribution in [3.63, 3.8) is 0 Å². The van der Waals surface area contributed by atoms with Crippen LogP contribution in [0.15, 0.2) is 30.5 Å². The monoisotopic (exact) mass is 326 g/mol. The largest absolute Gasteiger partial charge is 0.368 e. The van der Waals surface area contributed by atoms with Crippen LogP contribution in [-0.2, 0) is 0 Å². The van der Waals surface area contributed by atoms with Gasteiger partial charge in [-0.2, -0.15) is 10.1 Å². The van der Waals surface area contributed by atoms with E-state index in [0.717, 1.165) is 51.0 Å². The Labute approximate surface area is 144 Å². The second-order valence-electron chi connectivity index (χ2n) is 6.10. The summed E-state index contributed by atoms with van der Waals surface area (Å²) in [5, 5.41) is 8.40. The number of hydrogen-bond donors (Lipinski definition) is 0. The van der Waals surface area contributed by atoms with Gasteiger partial charge in [0.05, 0.1) is 6.20 Å². The minimum atomic E-state index is 0.739. The predicted octanol–water partition coefficient (Wildman–Crippen LogP) is 2.35. The van der Waals surface area contributed by atoms with Gasteiger partial charge in [-0.15, -0.1) is 5.10 Å². The molecule has 0 bridgehead atoms. The molecular weight excluding hydrogens is 300 g/mol. The van der Waals surface area contributed by atoms with Gasteiger partial charge in [-0.1, -0.05) is 12.1 Å². The predicted molar refractivity (Wildman–Crippen MR) is 99.0 cm³/mol. The van der Waals surface area contributed by atoms with Crippen LogP contribution in [0.4, 0.5) is 17.5 Å². The van der Waals surface area contributed by atoms with Crippen LogP contribution in [0.1, 0.15) is 19.4 Å². The fourth-order valence-corrected chi connectivity index (χ4v) is 3.11. The van der Waals surface area contributed by atoms with Gasteiger partial charge in [0.2, 0.25) is 5.95 Å². The molecule has 1 aliphatic rings. The van der Waals surface area contributed by atoms with Gasteiger partial charge in [0, 0.05) is 45.0 Å². The number of piperazine rings is 1. The van der Waals surface area contributed by atoms with E-state index in [1.54, 1.807) is 6.20 Å². The number of hydrogen-bond acceptors (Lipinski definition) is 6. The maximum Gasteiger partial charge on any atom is 0.247 e. The average molecular weight is 326 g/mol. The molecule has 3 rings (SSSR count). The molecule has 0 N–H and O–H groups in total. The Kier molecular flexibility index (Phi) is 5.13. The van der Waals surface area contributed by atoms with Gasteiger partial charge in [0.1, 0.15) is 0 Å². The number of rotatable bonds is 5. The SMILES string of the molecule is CCN(CC)c1cnnc(N2CCN(c3cccc(C)c3)CC2)n1. The molecule has 6 nitrogen and oxygen atoms in total. The van der Waals surface area contributed by atoms with Crippen LogP contribution >= 0.6 is 0 Å². The first-order valence-corrected chi connectivity index (χ1v) is 8.72. The minimum absolute atomic E-state index is 0.739. The average Bonchev–Trinajstić information content (AvgIpc) is 2.63. The molecule has 0 spiro atoms. The molecule has 1 aromatic carbocycles. The molecule has 2 heterocycles. The van der Waals surface area contributed by atoms with Gasteiger partial charge in [-0.3, -0.25) is 0 Å². The summed E-state index contributed by atoms with van der Waals surface area (Å²) in [5.41, 5.74) is 2.60. The van der Waals surface area contributed by atoms with E-state index < -0.39 is 0 Å². The van der Waals surface area contributed by atoms with Crippen molar-refractivity contribution in [2.24, 2.45) is 0 Å². The normalized spacial score (nSPS) is 14.8. The van der Waals surface area contributed by atoms with Gasteiger partial charge in [-0.05, 0) is 38.5 Å². The van der Waals surface area contributed by atoms with Crippen LogP contribution in [0.3, 0.4) is 0 Å². The molecule has 1 aliphatic heterocycles. The lowest BCUT2D eigenvalue weighted by atomic mass is 10.2. The number of anilines is 3. The van der Waals surface area contributed by atoms with Crippen LogP contribution in [0.5, 0.6) is 0 Å². The topological polar surface area (TPSA) is 48.4 Å². The van der Waals surface area contributed by atoms with Crippen LogP contribution in [-0.4, -0.2) is 54.4 Å².